The van der Waals surface area contributed by atoms with Crippen LogP contribution in [0.1, 0.15) is 11.1 Å². The molecule has 0 amide bonds. The van der Waals surface area contributed by atoms with Crippen molar-refractivity contribution in [2.45, 2.75) is 0 Å². The second-order valence-corrected chi connectivity index (χ2v) is 4.10. The Hall–Kier alpha value is -1.73. The van der Waals surface area contributed by atoms with Gasteiger partial charge < -0.3 is 4.74 Å². The molecule has 0 radical (unpaired) electrons. The molecule has 1 nitrogen and oxygen atoms in total. The van der Waals surface area contributed by atoms with Gasteiger partial charge in [-0.25, -0.2) is 0 Å². The monoisotopic (exact) mass is 244 g/mol. The van der Waals surface area contributed by atoms with E-state index in [1.54, 1.807) is 7.11 Å². The van der Waals surface area contributed by atoms with E-state index in [2.05, 4.69) is 0 Å². The van der Waals surface area contributed by atoms with Crippen molar-refractivity contribution in [1.82, 2.24) is 0 Å². The summed E-state index contributed by atoms with van der Waals surface area (Å²) in [5.74, 6) is 0.864. The highest BCUT2D eigenvalue weighted by molar-refractivity contribution is 6.30. The minimum absolute atomic E-state index is 0.753. The zero-order valence-corrected chi connectivity index (χ0v) is 10.3. The van der Waals surface area contributed by atoms with Crippen molar-refractivity contribution in [3.63, 3.8) is 0 Å². The third-order valence-electron chi connectivity index (χ3n) is 2.43. The maximum absolute atomic E-state index is 5.83. The molecule has 0 aliphatic heterocycles. The second kappa shape index (κ2) is 5.55. The highest BCUT2D eigenvalue weighted by Crippen LogP contribution is 2.16. The first-order valence-corrected chi connectivity index (χ1v) is 5.73. The van der Waals surface area contributed by atoms with Gasteiger partial charge in [-0.3, -0.25) is 0 Å². The molecule has 0 bridgehead atoms. The normalized spacial score (nSPS) is 10.7. The van der Waals surface area contributed by atoms with Crippen LogP contribution in [0.5, 0.6) is 5.75 Å². The lowest BCUT2D eigenvalue weighted by Gasteiger charge is -2.00. The van der Waals surface area contributed by atoms with Crippen molar-refractivity contribution >= 4 is 23.8 Å². The quantitative estimate of drug-likeness (QED) is 0.722. The third kappa shape index (κ3) is 3.36. The van der Waals surface area contributed by atoms with Crippen molar-refractivity contribution in [2.75, 3.05) is 7.11 Å². The van der Waals surface area contributed by atoms with Gasteiger partial charge in [0.25, 0.3) is 0 Å². The summed E-state index contributed by atoms with van der Waals surface area (Å²) in [5, 5.41) is 0.753. The molecule has 0 spiro atoms. The van der Waals surface area contributed by atoms with Gasteiger partial charge in [0.15, 0.2) is 0 Å². The first kappa shape index (κ1) is 11.7. The lowest BCUT2D eigenvalue weighted by atomic mass is 10.1. The Labute approximate surface area is 106 Å². The van der Waals surface area contributed by atoms with Gasteiger partial charge in [-0.05, 0) is 35.4 Å². The van der Waals surface area contributed by atoms with Crippen LogP contribution < -0.4 is 4.74 Å². The summed E-state index contributed by atoms with van der Waals surface area (Å²) in [6.45, 7) is 0. The Balaban J connectivity index is 2.16. The van der Waals surface area contributed by atoms with Gasteiger partial charge in [0.2, 0.25) is 0 Å². The first-order valence-electron chi connectivity index (χ1n) is 5.35. The van der Waals surface area contributed by atoms with Crippen LogP contribution in [0.2, 0.25) is 5.02 Å². The molecule has 0 aliphatic carbocycles. The van der Waals surface area contributed by atoms with Crippen LogP contribution in [0.3, 0.4) is 0 Å². The lowest BCUT2D eigenvalue weighted by Crippen LogP contribution is -1.82. The molecule has 0 aliphatic rings. The summed E-state index contributed by atoms with van der Waals surface area (Å²) >= 11 is 5.83. The number of benzene rings is 2. The summed E-state index contributed by atoms with van der Waals surface area (Å²) in [7, 11) is 1.67. The van der Waals surface area contributed by atoms with Crippen molar-refractivity contribution in [3.05, 3.63) is 64.7 Å². The molecule has 0 atom stereocenters. The molecule has 17 heavy (non-hydrogen) atoms. The van der Waals surface area contributed by atoms with Crippen LogP contribution in [0.4, 0.5) is 0 Å². The second-order valence-electron chi connectivity index (χ2n) is 3.66. The molecule has 0 saturated carbocycles. The molecule has 0 saturated heterocycles. The Kier molecular flexibility index (Phi) is 3.84. The van der Waals surface area contributed by atoms with Gasteiger partial charge in [0.05, 0.1) is 7.11 Å². The van der Waals surface area contributed by atoms with Crippen molar-refractivity contribution < 1.29 is 4.74 Å². The Morgan fingerprint density at radius 2 is 1.65 bits per heavy atom. The van der Waals surface area contributed by atoms with Crippen LogP contribution in [0.15, 0.2) is 48.5 Å². The van der Waals surface area contributed by atoms with Crippen LogP contribution >= 0.6 is 11.6 Å². The summed E-state index contributed by atoms with van der Waals surface area (Å²) < 4.78 is 5.17. The average Bonchev–Trinajstić information content (AvgIpc) is 2.38. The minimum atomic E-state index is 0.753. The van der Waals surface area contributed by atoms with Gasteiger partial charge in [-0.15, -0.1) is 0 Å². The van der Waals surface area contributed by atoms with Crippen LogP contribution in [0.25, 0.3) is 12.2 Å². The molecular formula is C15H13ClO. The maximum Gasteiger partial charge on any atom is 0.119 e. The molecule has 0 heterocycles. The molecule has 0 N–H and O–H groups in total. The Morgan fingerprint density at radius 1 is 0.941 bits per heavy atom. The van der Waals surface area contributed by atoms with E-state index in [4.69, 9.17) is 16.3 Å². The van der Waals surface area contributed by atoms with E-state index < -0.39 is 0 Å². The SMILES string of the molecule is COc1cccc(C=Cc2ccc(Cl)cc2)c1. The molecule has 0 fully saturated rings. The van der Waals surface area contributed by atoms with Gasteiger partial charge in [0.1, 0.15) is 5.75 Å². The van der Waals surface area contributed by atoms with Crippen molar-refractivity contribution in [1.29, 1.82) is 0 Å². The summed E-state index contributed by atoms with van der Waals surface area (Å²) in [4.78, 5) is 0. The van der Waals surface area contributed by atoms with Gasteiger partial charge in [-0.2, -0.15) is 0 Å². The number of hydrogen-bond donors (Lipinski definition) is 0. The number of methoxy groups -OCH3 is 1. The fourth-order valence-electron chi connectivity index (χ4n) is 1.51. The molecule has 0 aromatic heterocycles. The van der Waals surface area contributed by atoms with E-state index in [9.17, 15) is 0 Å². The highest BCUT2D eigenvalue weighted by atomic mass is 35.5. The molecule has 2 heteroatoms. The zero-order chi connectivity index (χ0) is 12.1. The number of hydrogen-bond acceptors (Lipinski definition) is 1. The minimum Gasteiger partial charge on any atom is -0.497 e. The fraction of sp³-hybridized carbons (Fsp3) is 0.0667. The predicted octanol–water partition coefficient (Wildman–Crippen LogP) is 4.52. The first-order chi connectivity index (χ1) is 8.28. The Morgan fingerprint density at radius 3 is 2.35 bits per heavy atom. The topological polar surface area (TPSA) is 9.23 Å². The van der Waals surface area contributed by atoms with Gasteiger partial charge in [0, 0.05) is 5.02 Å². The fourth-order valence-corrected chi connectivity index (χ4v) is 1.64. The summed E-state index contributed by atoms with van der Waals surface area (Å²) in [6, 6.07) is 15.7. The molecule has 2 rings (SSSR count). The standard InChI is InChI=1S/C15H13ClO/c1-17-15-4-2-3-13(11-15)6-5-12-7-9-14(16)10-8-12/h2-11H,1H3. The number of halogens is 1. The van der Waals surface area contributed by atoms with Crippen LogP contribution in [-0.2, 0) is 0 Å². The average molecular weight is 245 g/mol. The van der Waals surface area contributed by atoms with Gasteiger partial charge >= 0.3 is 0 Å². The summed E-state index contributed by atoms with van der Waals surface area (Å²) in [5.41, 5.74) is 2.23. The predicted molar refractivity (Wildman–Crippen MR) is 73.4 cm³/mol. The smallest absolute Gasteiger partial charge is 0.119 e. The van der Waals surface area contributed by atoms with Gasteiger partial charge in [-0.1, -0.05) is 48.0 Å². The molecule has 2 aromatic carbocycles. The van der Waals surface area contributed by atoms with E-state index in [0.29, 0.717) is 0 Å². The van der Waals surface area contributed by atoms with Crippen LogP contribution in [0, 0.1) is 0 Å². The van der Waals surface area contributed by atoms with Crippen molar-refractivity contribution in [3.8, 4) is 5.75 Å². The number of rotatable bonds is 3. The molecular weight excluding hydrogens is 232 g/mol. The summed E-state index contributed by atoms with van der Waals surface area (Å²) in [6.07, 6.45) is 4.09. The highest BCUT2D eigenvalue weighted by Gasteiger charge is 1.92. The lowest BCUT2D eigenvalue weighted by molar-refractivity contribution is 0.414. The van der Waals surface area contributed by atoms with E-state index in [0.717, 1.165) is 21.9 Å². The van der Waals surface area contributed by atoms with E-state index in [1.807, 2.05) is 60.7 Å². The number of ether oxygens (including phenoxy) is 1. The van der Waals surface area contributed by atoms with E-state index >= 15 is 0 Å². The van der Waals surface area contributed by atoms with E-state index in [-0.39, 0.29) is 0 Å². The maximum atomic E-state index is 5.83. The molecule has 86 valence electrons. The Bertz CT molecular complexity index is 515. The third-order valence-corrected chi connectivity index (χ3v) is 2.68. The van der Waals surface area contributed by atoms with Crippen molar-refractivity contribution in [2.24, 2.45) is 0 Å². The largest absolute Gasteiger partial charge is 0.497 e. The molecule has 0 unspecified atom stereocenters. The molecule has 2 aromatic rings. The zero-order valence-electron chi connectivity index (χ0n) is 9.56. The van der Waals surface area contributed by atoms with Crippen LogP contribution in [-0.4, -0.2) is 7.11 Å². The van der Waals surface area contributed by atoms with E-state index in [1.165, 1.54) is 0 Å².